The van der Waals surface area contributed by atoms with Crippen molar-refractivity contribution in [2.45, 2.75) is 32.7 Å². The Balaban J connectivity index is 1.79. The van der Waals surface area contributed by atoms with E-state index in [9.17, 15) is 9.59 Å². The summed E-state index contributed by atoms with van der Waals surface area (Å²) in [6, 6.07) is 21.9. The number of benzene rings is 3. The molecule has 2 amide bonds. The average Bonchev–Trinajstić information content (AvgIpc) is 2.76. The summed E-state index contributed by atoms with van der Waals surface area (Å²) in [7, 11) is 0. The fraction of sp³-hybridized carbons (Fsp3) is 0.231. The first-order valence-corrected chi connectivity index (χ1v) is 10.8. The Morgan fingerprint density at radius 2 is 1.42 bits per heavy atom. The lowest BCUT2D eigenvalue weighted by Gasteiger charge is -2.40. The van der Waals surface area contributed by atoms with Crippen molar-refractivity contribution in [3.8, 4) is 0 Å². The van der Waals surface area contributed by atoms with Gasteiger partial charge < -0.3 is 4.90 Å². The zero-order valence-corrected chi connectivity index (χ0v) is 18.6. The zero-order valence-electron chi connectivity index (χ0n) is 17.9. The second kappa shape index (κ2) is 8.56. The topological polar surface area (TPSA) is 40.6 Å². The van der Waals surface area contributed by atoms with Gasteiger partial charge in [-0.15, -0.1) is 0 Å². The van der Waals surface area contributed by atoms with Crippen LogP contribution in [0.5, 0.6) is 0 Å². The quantitative estimate of drug-likeness (QED) is 0.515. The van der Waals surface area contributed by atoms with Gasteiger partial charge in [0.1, 0.15) is 12.6 Å². The summed E-state index contributed by atoms with van der Waals surface area (Å²) in [6.07, 6.45) is 0. The van der Waals surface area contributed by atoms with Gasteiger partial charge in [-0.2, -0.15) is 0 Å². The molecular weight excluding hydrogens is 408 g/mol. The number of nitrogens with zero attached hydrogens (tertiary/aromatic N) is 2. The van der Waals surface area contributed by atoms with Gasteiger partial charge in [-0.1, -0.05) is 67.4 Å². The maximum atomic E-state index is 13.7. The standard InChI is InChI=1S/C26H25ClN2O2/c1-17(2)19-6-8-20(9-7-19)25-26(31)28(22-12-4-18(3)5-13-22)16-24(30)29(25)23-14-10-21(27)11-15-23/h4-15,17,25H,16H2,1-3H3/t25-/m1/s1. The maximum absolute atomic E-state index is 13.7. The Morgan fingerprint density at radius 3 is 2.00 bits per heavy atom. The van der Waals surface area contributed by atoms with Crippen LogP contribution in [0.4, 0.5) is 11.4 Å². The molecular formula is C26H25ClN2O2. The van der Waals surface area contributed by atoms with Crippen LogP contribution in [-0.2, 0) is 9.59 Å². The van der Waals surface area contributed by atoms with Gasteiger partial charge in [0.05, 0.1) is 0 Å². The largest absolute Gasteiger partial charge is 0.301 e. The Labute approximate surface area is 188 Å². The molecule has 0 radical (unpaired) electrons. The van der Waals surface area contributed by atoms with Gasteiger partial charge in [-0.25, -0.2) is 0 Å². The SMILES string of the molecule is Cc1ccc(N2CC(=O)N(c3ccc(Cl)cc3)[C@H](c3ccc(C(C)C)cc3)C2=O)cc1. The highest BCUT2D eigenvalue weighted by atomic mass is 35.5. The first-order valence-electron chi connectivity index (χ1n) is 10.4. The van der Waals surface area contributed by atoms with Crippen molar-refractivity contribution in [2.75, 3.05) is 16.3 Å². The molecule has 158 valence electrons. The summed E-state index contributed by atoms with van der Waals surface area (Å²) < 4.78 is 0. The molecule has 0 unspecified atom stereocenters. The van der Waals surface area contributed by atoms with E-state index in [1.54, 1.807) is 34.1 Å². The number of carbonyl (C=O) groups excluding carboxylic acids is 2. The second-order valence-corrected chi connectivity index (χ2v) is 8.66. The van der Waals surface area contributed by atoms with Crippen LogP contribution in [0.1, 0.15) is 42.5 Å². The van der Waals surface area contributed by atoms with Crippen molar-refractivity contribution in [3.63, 3.8) is 0 Å². The minimum absolute atomic E-state index is 0.00883. The van der Waals surface area contributed by atoms with Crippen molar-refractivity contribution < 1.29 is 9.59 Å². The minimum Gasteiger partial charge on any atom is -0.301 e. The van der Waals surface area contributed by atoms with E-state index >= 15 is 0 Å². The average molecular weight is 433 g/mol. The number of hydrogen-bond donors (Lipinski definition) is 0. The predicted molar refractivity (Wildman–Crippen MR) is 126 cm³/mol. The van der Waals surface area contributed by atoms with E-state index in [1.807, 2.05) is 55.5 Å². The van der Waals surface area contributed by atoms with E-state index in [1.165, 1.54) is 5.56 Å². The molecule has 3 aromatic rings. The molecule has 4 nitrogen and oxygen atoms in total. The molecule has 1 heterocycles. The Kier molecular flexibility index (Phi) is 5.84. The Hall–Kier alpha value is -3.11. The zero-order chi connectivity index (χ0) is 22.1. The second-order valence-electron chi connectivity index (χ2n) is 8.22. The van der Waals surface area contributed by atoms with Gasteiger partial charge in [0.15, 0.2) is 0 Å². The molecule has 0 aliphatic carbocycles. The maximum Gasteiger partial charge on any atom is 0.255 e. The van der Waals surface area contributed by atoms with E-state index in [0.717, 1.165) is 16.8 Å². The van der Waals surface area contributed by atoms with Crippen molar-refractivity contribution in [3.05, 3.63) is 94.5 Å². The fourth-order valence-electron chi connectivity index (χ4n) is 3.88. The molecule has 1 aliphatic heterocycles. The molecule has 1 aliphatic rings. The van der Waals surface area contributed by atoms with Gasteiger partial charge in [0.25, 0.3) is 5.91 Å². The van der Waals surface area contributed by atoms with E-state index in [4.69, 9.17) is 11.6 Å². The van der Waals surface area contributed by atoms with Crippen molar-refractivity contribution in [1.29, 1.82) is 0 Å². The van der Waals surface area contributed by atoms with Gasteiger partial charge in [0.2, 0.25) is 5.91 Å². The predicted octanol–water partition coefficient (Wildman–Crippen LogP) is 5.89. The van der Waals surface area contributed by atoms with Crippen LogP contribution in [0.3, 0.4) is 0 Å². The molecule has 5 heteroatoms. The van der Waals surface area contributed by atoms with Gasteiger partial charge in [0, 0.05) is 16.4 Å². The number of amides is 2. The van der Waals surface area contributed by atoms with Gasteiger partial charge in [-0.3, -0.25) is 14.5 Å². The van der Waals surface area contributed by atoms with Crippen molar-refractivity contribution in [1.82, 2.24) is 0 Å². The van der Waals surface area contributed by atoms with Crippen LogP contribution < -0.4 is 9.80 Å². The summed E-state index contributed by atoms with van der Waals surface area (Å²) >= 11 is 6.05. The number of rotatable bonds is 4. The van der Waals surface area contributed by atoms with Gasteiger partial charge >= 0.3 is 0 Å². The number of anilines is 2. The van der Waals surface area contributed by atoms with E-state index < -0.39 is 6.04 Å². The number of aryl methyl sites for hydroxylation is 1. The number of halogens is 1. The molecule has 1 atom stereocenters. The molecule has 0 N–H and O–H groups in total. The molecule has 1 saturated heterocycles. The molecule has 4 rings (SSSR count). The third-order valence-electron chi connectivity index (χ3n) is 5.69. The first kappa shape index (κ1) is 21.1. The van der Waals surface area contributed by atoms with Crippen LogP contribution in [0.25, 0.3) is 0 Å². The molecule has 0 bridgehead atoms. The van der Waals surface area contributed by atoms with E-state index in [0.29, 0.717) is 16.6 Å². The van der Waals surface area contributed by atoms with Crippen LogP contribution in [-0.4, -0.2) is 18.4 Å². The summed E-state index contributed by atoms with van der Waals surface area (Å²) in [6.45, 7) is 6.24. The molecule has 0 spiro atoms. The fourth-order valence-corrected chi connectivity index (χ4v) is 4.01. The lowest BCUT2D eigenvalue weighted by atomic mass is 9.95. The van der Waals surface area contributed by atoms with Crippen LogP contribution in [0, 0.1) is 6.92 Å². The van der Waals surface area contributed by atoms with Crippen LogP contribution in [0.15, 0.2) is 72.8 Å². The third-order valence-corrected chi connectivity index (χ3v) is 5.94. The molecule has 31 heavy (non-hydrogen) atoms. The van der Waals surface area contributed by atoms with Crippen molar-refractivity contribution in [2.24, 2.45) is 0 Å². The highest BCUT2D eigenvalue weighted by Gasteiger charge is 2.41. The van der Waals surface area contributed by atoms with Crippen molar-refractivity contribution >= 4 is 34.8 Å². The first-order chi connectivity index (χ1) is 14.8. The van der Waals surface area contributed by atoms with E-state index in [2.05, 4.69) is 13.8 Å². The highest BCUT2D eigenvalue weighted by Crippen LogP contribution is 2.35. The number of piperazine rings is 1. The summed E-state index contributed by atoms with van der Waals surface area (Å²) in [4.78, 5) is 30.2. The van der Waals surface area contributed by atoms with Crippen LogP contribution in [0.2, 0.25) is 5.02 Å². The Morgan fingerprint density at radius 1 is 0.839 bits per heavy atom. The monoisotopic (exact) mass is 432 g/mol. The molecule has 3 aromatic carbocycles. The van der Waals surface area contributed by atoms with Crippen LogP contribution >= 0.6 is 11.6 Å². The third kappa shape index (κ3) is 4.21. The normalized spacial score (nSPS) is 16.9. The Bertz CT molecular complexity index is 1090. The van der Waals surface area contributed by atoms with E-state index in [-0.39, 0.29) is 18.4 Å². The lowest BCUT2D eigenvalue weighted by molar-refractivity contribution is -0.128. The number of hydrogen-bond acceptors (Lipinski definition) is 2. The summed E-state index contributed by atoms with van der Waals surface area (Å²) in [5, 5.41) is 0.582. The smallest absolute Gasteiger partial charge is 0.255 e. The summed E-state index contributed by atoms with van der Waals surface area (Å²) in [5.74, 6) is 0.116. The highest BCUT2D eigenvalue weighted by molar-refractivity contribution is 6.30. The summed E-state index contributed by atoms with van der Waals surface area (Å²) in [5.41, 5.74) is 4.46. The minimum atomic E-state index is -0.745. The molecule has 1 fully saturated rings. The number of carbonyl (C=O) groups is 2. The molecule has 0 aromatic heterocycles. The van der Waals surface area contributed by atoms with Gasteiger partial charge in [-0.05, 0) is 60.4 Å². The molecule has 0 saturated carbocycles. The lowest BCUT2D eigenvalue weighted by Crippen LogP contribution is -2.56.